The van der Waals surface area contributed by atoms with Gasteiger partial charge in [0.25, 0.3) is 5.91 Å². The van der Waals surface area contributed by atoms with Crippen LogP contribution in [0.3, 0.4) is 0 Å². The minimum absolute atomic E-state index is 0. The molecule has 8 heteroatoms. The quantitative estimate of drug-likeness (QED) is 0.353. The highest BCUT2D eigenvalue weighted by Crippen LogP contribution is 2.37. The van der Waals surface area contributed by atoms with Gasteiger partial charge in [-0.15, -0.1) is 17.0 Å². The average molecular weight is 366 g/mol. The molecule has 7 nitrogen and oxygen atoms in total. The number of anilines is 1. The molecule has 0 atom stereocenters. The van der Waals surface area contributed by atoms with E-state index in [1.54, 1.807) is 24.4 Å². The van der Waals surface area contributed by atoms with Gasteiger partial charge in [0.1, 0.15) is 5.69 Å². The van der Waals surface area contributed by atoms with Gasteiger partial charge in [-0.1, -0.05) is 0 Å². The molecule has 0 radical (unpaired) electrons. The fourth-order valence-electron chi connectivity index (χ4n) is 1.95. The lowest BCUT2D eigenvalue weighted by Crippen LogP contribution is -2.12. The Kier molecular flexibility index (Phi) is 4.22. The number of H-pyrrole nitrogens is 1. The molecule has 2 heterocycles. The Labute approximate surface area is 135 Å². The van der Waals surface area contributed by atoms with Gasteiger partial charge >= 0.3 is 0 Å². The number of carbonyl (C=O) groups is 1. The van der Waals surface area contributed by atoms with Gasteiger partial charge in [0.05, 0.1) is 11.0 Å². The molecular formula is C14H12BrN3O4. The summed E-state index contributed by atoms with van der Waals surface area (Å²) in [7, 11) is 0. The van der Waals surface area contributed by atoms with Crippen LogP contribution in [0.2, 0.25) is 0 Å². The number of phenols is 3. The van der Waals surface area contributed by atoms with Crippen LogP contribution in [-0.4, -0.2) is 31.2 Å². The molecular weight excluding hydrogens is 354 g/mol. The van der Waals surface area contributed by atoms with Crippen molar-refractivity contribution in [3.63, 3.8) is 0 Å². The third kappa shape index (κ3) is 2.82. The third-order valence-electron chi connectivity index (χ3n) is 2.96. The third-order valence-corrected chi connectivity index (χ3v) is 2.96. The van der Waals surface area contributed by atoms with E-state index in [2.05, 4.69) is 15.3 Å². The van der Waals surface area contributed by atoms with E-state index in [0.29, 0.717) is 5.52 Å². The predicted octanol–water partition coefficient (Wildman–Crippen LogP) is 2.51. The van der Waals surface area contributed by atoms with Crippen LogP contribution >= 0.6 is 17.0 Å². The molecule has 5 N–H and O–H groups in total. The zero-order chi connectivity index (χ0) is 15.0. The SMILES string of the molecule is Br.O=C(Nc1cc(O)c(O)c(O)c1)c1cc2ncccc2[nH]1. The summed E-state index contributed by atoms with van der Waals surface area (Å²) in [6, 6.07) is 7.39. The fraction of sp³-hybridized carbons (Fsp3) is 0. The second-order valence-corrected chi connectivity index (χ2v) is 4.44. The van der Waals surface area contributed by atoms with Crippen molar-refractivity contribution in [2.45, 2.75) is 0 Å². The number of hydrogen-bond donors (Lipinski definition) is 5. The molecule has 0 unspecified atom stereocenters. The van der Waals surface area contributed by atoms with Gasteiger partial charge in [-0.25, -0.2) is 0 Å². The molecule has 0 aliphatic carbocycles. The number of benzene rings is 1. The molecule has 3 aromatic rings. The lowest BCUT2D eigenvalue weighted by molar-refractivity contribution is 0.102. The number of amides is 1. The first kappa shape index (κ1) is 15.6. The molecule has 114 valence electrons. The summed E-state index contributed by atoms with van der Waals surface area (Å²) < 4.78 is 0. The number of nitrogens with zero attached hydrogens (tertiary/aromatic N) is 1. The van der Waals surface area contributed by atoms with Crippen molar-refractivity contribution in [1.82, 2.24) is 9.97 Å². The van der Waals surface area contributed by atoms with E-state index in [1.165, 1.54) is 0 Å². The number of aromatic hydroxyl groups is 3. The van der Waals surface area contributed by atoms with Crippen molar-refractivity contribution in [3.05, 3.63) is 42.2 Å². The maximum absolute atomic E-state index is 12.1. The van der Waals surface area contributed by atoms with Gasteiger partial charge in [0.15, 0.2) is 17.2 Å². The lowest BCUT2D eigenvalue weighted by Gasteiger charge is -2.07. The van der Waals surface area contributed by atoms with Gasteiger partial charge in [-0.3, -0.25) is 9.78 Å². The van der Waals surface area contributed by atoms with E-state index in [0.717, 1.165) is 17.6 Å². The Morgan fingerprint density at radius 2 is 1.82 bits per heavy atom. The number of aromatic nitrogens is 2. The van der Waals surface area contributed by atoms with Gasteiger partial charge in [-0.05, 0) is 18.2 Å². The van der Waals surface area contributed by atoms with Crippen LogP contribution in [0.25, 0.3) is 11.0 Å². The fourth-order valence-corrected chi connectivity index (χ4v) is 1.95. The number of hydrogen-bond acceptors (Lipinski definition) is 5. The normalized spacial score (nSPS) is 10.2. The van der Waals surface area contributed by atoms with Gasteiger partial charge in [-0.2, -0.15) is 0 Å². The van der Waals surface area contributed by atoms with E-state index >= 15 is 0 Å². The summed E-state index contributed by atoms with van der Waals surface area (Å²) in [4.78, 5) is 19.1. The van der Waals surface area contributed by atoms with E-state index in [-0.39, 0.29) is 28.4 Å². The topological polar surface area (TPSA) is 118 Å². The number of phenolic OH excluding ortho intramolecular Hbond substituents is 3. The number of fused-ring (bicyclic) bond motifs is 1. The minimum atomic E-state index is -0.636. The molecule has 0 aliphatic heterocycles. The first-order valence-electron chi connectivity index (χ1n) is 6.04. The van der Waals surface area contributed by atoms with Crippen LogP contribution in [-0.2, 0) is 0 Å². The maximum Gasteiger partial charge on any atom is 0.272 e. The van der Waals surface area contributed by atoms with Gasteiger partial charge < -0.3 is 25.6 Å². The minimum Gasteiger partial charge on any atom is -0.504 e. The summed E-state index contributed by atoms with van der Waals surface area (Å²) in [6.45, 7) is 0. The summed E-state index contributed by atoms with van der Waals surface area (Å²) in [6.07, 6.45) is 1.62. The maximum atomic E-state index is 12.1. The Balaban J connectivity index is 0.00000176. The zero-order valence-electron chi connectivity index (χ0n) is 11.1. The molecule has 3 rings (SSSR count). The highest BCUT2D eigenvalue weighted by Gasteiger charge is 2.13. The molecule has 0 saturated heterocycles. The smallest absolute Gasteiger partial charge is 0.272 e. The number of aromatic amines is 1. The molecule has 0 fully saturated rings. The van der Waals surface area contributed by atoms with Crippen LogP contribution in [0.5, 0.6) is 17.2 Å². The van der Waals surface area contributed by atoms with Crippen molar-refractivity contribution in [1.29, 1.82) is 0 Å². The molecule has 22 heavy (non-hydrogen) atoms. The first-order chi connectivity index (χ1) is 10.0. The standard InChI is InChI=1S/C14H11N3O4.BrH/c18-11-4-7(5-12(19)13(11)20)16-14(21)10-6-9-8(17-10)2-1-3-15-9;/h1-6,17-20H,(H,16,21);1H. The van der Waals surface area contributed by atoms with Crippen molar-refractivity contribution in [3.8, 4) is 17.2 Å². The number of nitrogens with one attached hydrogen (secondary N) is 2. The summed E-state index contributed by atoms with van der Waals surface area (Å²) >= 11 is 0. The molecule has 0 bridgehead atoms. The van der Waals surface area contributed by atoms with Crippen LogP contribution in [0.1, 0.15) is 10.5 Å². The molecule has 1 aromatic carbocycles. The summed E-state index contributed by atoms with van der Waals surface area (Å²) in [5, 5.41) is 30.5. The lowest BCUT2D eigenvalue weighted by atomic mass is 10.2. The predicted molar refractivity (Wildman–Crippen MR) is 85.8 cm³/mol. The van der Waals surface area contributed by atoms with E-state index < -0.39 is 23.2 Å². The van der Waals surface area contributed by atoms with Crippen molar-refractivity contribution >= 4 is 39.6 Å². The molecule has 0 aliphatic rings. The Morgan fingerprint density at radius 3 is 2.45 bits per heavy atom. The van der Waals surface area contributed by atoms with Crippen molar-refractivity contribution in [2.75, 3.05) is 5.32 Å². The summed E-state index contributed by atoms with van der Waals surface area (Å²) in [5.74, 6) is -2.15. The number of carbonyl (C=O) groups excluding carboxylic acids is 1. The van der Waals surface area contributed by atoms with Crippen LogP contribution in [0.15, 0.2) is 36.5 Å². The van der Waals surface area contributed by atoms with E-state index in [1.807, 2.05) is 0 Å². The van der Waals surface area contributed by atoms with Crippen LogP contribution in [0.4, 0.5) is 5.69 Å². The highest BCUT2D eigenvalue weighted by molar-refractivity contribution is 8.93. The number of halogens is 1. The molecule has 0 spiro atoms. The van der Waals surface area contributed by atoms with Crippen LogP contribution < -0.4 is 5.32 Å². The molecule has 0 saturated carbocycles. The zero-order valence-corrected chi connectivity index (χ0v) is 12.8. The molecule has 2 aromatic heterocycles. The Bertz CT molecular complexity index is 791. The van der Waals surface area contributed by atoms with E-state index in [9.17, 15) is 20.1 Å². The van der Waals surface area contributed by atoms with Crippen molar-refractivity contribution < 1.29 is 20.1 Å². The largest absolute Gasteiger partial charge is 0.504 e. The average Bonchev–Trinajstić information content (AvgIpc) is 2.88. The number of rotatable bonds is 2. The van der Waals surface area contributed by atoms with E-state index in [4.69, 9.17) is 0 Å². The van der Waals surface area contributed by atoms with Gasteiger partial charge in [0, 0.05) is 24.0 Å². The highest BCUT2D eigenvalue weighted by atomic mass is 79.9. The molecule has 1 amide bonds. The van der Waals surface area contributed by atoms with Crippen molar-refractivity contribution in [2.24, 2.45) is 0 Å². The van der Waals surface area contributed by atoms with Gasteiger partial charge in [0.2, 0.25) is 0 Å². The monoisotopic (exact) mass is 365 g/mol. The Hall–Kier alpha value is -2.74. The number of pyridine rings is 1. The first-order valence-corrected chi connectivity index (χ1v) is 6.04. The summed E-state index contributed by atoms with van der Waals surface area (Å²) in [5.41, 5.74) is 1.81. The van der Waals surface area contributed by atoms with Crippen LogP contribution in [0, 0.1) is 0 Å². The Morgan fingerprint density at radius 1 is 1.14 bits per heavy atom. The second-order valence-electron chi connectivity index (χ2n) is 4.44. The second kappa shape index (κ2) is 5.94.